The summed E-state index contributed by atoms with van der Waals surface area (Å²) in [6, 6.07) is 0. The van der Waals surface area contributed by atoms with Gasteiger partial charge >= 0.3 is 5.97 Å². The second kappa shape index (κ2) is 6.49. The number of ether oxygens (including phenoxy) is 1. The summed E-state index contributed by atoms with van der Waals surface area (Å²) in [4.78, 5) is 11.9. The lowest BCUT2D eigenvalue weighted by Gasteiger charge is -2.12. The van der Waals surface area contributed by atoms with Crippen molar-refractivity contribution in [1.82, 2.24) is 0 Å². The molecule has 0 unspecified atom stereocenters. The number of nitrogens with two attached hydrogens (primary N) is 1. The highest BCUT2D eigenvalue weighted by Crippen LogP contribution is 2.26. The summed E-state index contributed by atoms with van der Waals surface area (Å²) >= 11 is 0.943. The Morgan fingerprint density at radius 2 is 2.00 bits per heavy atom. The first-order chi connectivity index (χ1) is 8.81. The third kappa shape index (κ3) is 4.02. The molecule has 0 radical (unpaired) electrons. The van der Waals surface area contributed by atoms with E-state index >= 15 is 0 Å². The summed E-state index contributed by atoms with van der Waals surface area (Å²) in [5.41, 5.74) is 0.641. The molecule has 0 saturated carbocycles. The van der Waals surface area contributed by atoms with E-state index < -0.39 is 16.0 Å². The van der Waals surface area contributed by atoms with Gasteiger partial charge in [0.25, 0.3) is 0 Å². The quantitative estimate of drug-likeness (QED) is 0.817. The monoisotopic (exact) mass is 305 g/mol. The van der Waals surface area contributed by atoms with Gasteiger partial charge in [-0.25, -0.2) is 18.4 Å². The molecule has 19 heavy (non-hydrogen) atoms. The van der Waals surface area contributed by atoms with Gasteiger partial charge in [-0.05, 0) is 18.4 Å². The maximum absolute atomic E-state index is 11.9. The first-order valence-corrected chi connectivity index (χ1v) is 8.51. The number of rotatable bonds is 6. The van der Waals surface area contributed by atoms with Crippen LogP contribution in [0.25, 0.3) is 0 Å². The van der Waals surface area contributed by atoms with E-state index in [4.69, 9.17) is 9.88 Å². The lowest BCUT2D eigenvalue weighted by Crippen LogP contribution is -2.15. The van der Waals surface area contributed by atoms with Gasteiger partial charge in [-0.2, -0.15) is 0 Å². The molecule has 1 aromatic rings. The number of hydrogen-bond acceptors (Lipinski definition) is 5. The SMILES string of the molecule is CCC(CC)COC(=O)c1csc(S(N)(=O)=O)c1C. The number of carbonyl (C=O) groups is 1. The van der Waals surface area contributed by atoms with Gasteiger partial charge in [0.15, 0.2) is 0 Å². The zero-order valence-electron chi connectivity index (χ0n) is 11.3. The van der Waals surface area contributed by atoms with Crippen molar-refractivity contribution in [2.24, 2.45) is 11.1 Å². The minimum Gasteiger partial charge on any atom is -0.462 e. The zero-order valence-corrected chi connectivity index (χ0v) is 12.9. The predicted octanol–water partition coefficient (Wildman–Crippen LogP) is 2.30. The first-order valence-electron chi connectivity index (χ1n) is 6.09. The molecule has 0 saturated heterocycles. The lowest BCUT2D eigenvalue weighted by molar-refractivity contribution is 0.0433. The Kier molecular flexibility index (Phi) is 5.51. The average Bonchev–Trinajstić information content (AvgIpc) is 2.72. The molecule has 0 spiro atoms. The van der Waals surface area contributed by atoms with Crippen LogP contribution in [0.1, 0.15) is 42.6 Å². The lowest BCUT2D eigenvalue weighted by atomic mass is 10.1. The van der Waals surface area contributed by atoms with Gasteiger partial charge in [-0.15, -0.1) is 11.3 Å². The van der Waals surface area contributed by atoms with Crippen LogP contribution in [0.2, 0.25) is 0 Å². The summed E-state index contributed by atoms with van der Waals surface area (Å²) in [6.45, 7) is 5.99. The molecular weight excluding hydrogens is 286 g/mol. The number of carbonyl (C=O) groups excluding carboxylic acids is 1. The number of thiophene rings is 1. The highest BCUT2D eigenvalue weighted by Gasteiger charge is 2.22. The molecule has 0 aliphatic heterocycles. The second-order valence-electron chi connectivity index (χ2n) is 4.39. The van der Waals surface area contributed by atoms with E-state index in [1.807, 2.05) is 13.8 Å². The maximum Gasteiger partial charge on any atom is 0.339 e. The fourth-order valence-electron chi connectivity index (χ4n) is 1.68. The number of primary sulfonamides is 1. The molecule has 5 nitrogen and oxygen atoms in total. The Hall–Kier alpha value is -0.920. The molecule has 1 aromatic heterocycles. The Morgan fingerprint density at radius 1 is 1.42 bits per heavy atom. The highest BCUT2D eigenvalue weighted by atomic mass is 32.2. The molecule has 1 heterocycles. The van der Waals surface area contributed by atoms with Crippen molar-refractivity contribution in [2.45, 2.75) is 37.8 Å². The Balaban J connectivity index is 2.82. The minimum atomic E-state index is -3.78. The van der Waals surface area contributed by atoms with Crippen molar-refractivity contribution >= 4 is 27.3 Å². The van der Waals surface area contributed by atoms with Crippen LogP contribution in [-0.2, 0) is 14.8 Å². The van der Waals surface area contributed by atoms with Gasteiger partial charge in [-0.3, -0.25) is 0 Å². The highest BCUT2D eigenvalue weighted by molar-refractivity contribution is 7.91. The predicted molar refractivity (Wildman–Crippen MR) is 74.8 cm³/mol. The van der Waals surface area contributed by atoms with Crippen LogP contribution < -0.4 is 5.14 Å². The number of sulfonamides is 1. The van der Waals surface area contributed by atoms with E-state index in [0.717, 1.165) is 24.2 Å². The number of esters is 1. The Morgan fingerprint density at radius 3 is 2.42 bits per heavy atom. The van der Waals surface area contributed by atoms with E-state index in [1.165, 1.54) is 5.38 Å². The standard InChI is InChI=1S/C12H19NO4S2/c1-4-9(5-2)6-17-11(14)10-7-18-12(8(10)3)19(13,15)16/h7,9H,4-6H2,1-3H3,(H2,13,15,16). The summed E-state index contributed by atoms with van der Waals surface area (Å²) in [5, 5.41) is 6.54. The molecule has 0 aromatic carbocycles. The van der Waals surface area contributed by atoms with Crippen LogP contribution >= 0.6 is 11.3 Å². The van der Waals surface area contributed by atoms with Crippen LogP contribution in [0.5, 0.6) is 0 Å². The van der Waals surface area contributed by atoms with Gasteiger partial charge in [0.05, 0.1) is 12.2 Å². The largest absolute Gasteiger partial charge is 0.462 e. The second-order valence-corrected chi connectivity index (χ2v) is 7.02. The smallest absolute Gasteiger partial charge is 0.339 e. The van der Waals surface area contributed by atoms with Gasteiger partial charge in [-0.1, -0.05) is 26.7 Å². The third-order valence-corrected chi connectivity index (χ3v) is 5.76. The summed E-state index contributed by atoms with van der Waals surface area (Å²) in [7, 11) is -3.78. The van der Waals surface area contributed by atoms with E-state index in [1.54, 1.807) is 6.92 Å². The first kappa shape index (κ1) is 16.1. The molecule has 0 aliphatic rings. The molecule has 1 rings (SSSR count). The van der Waals surface area contributed by atoms with E-state index in [9.17, 15) is 13.2 Å². The van der Waals surface area contributed by atoms with Crippen molar-refractivity contribution in [2.75, 3.05) is 6.61 Å². The number of hydrogen-bond donors (Lipinski definition) is 1. The maximum atomic E-state index is 11.9. The van der Waals surface area contributed by atoms with Gasteiger partial charge in [0.2, 0.25) is 10.0 Å². The fraction of sp³-hybridized carbons (Fsp3) is 0.583. The van der Waals surface area contributed by atoms with Crippen molar-refractivity contribution in [3.63, 3.8) is 0 Å². The molecule has 0 aliphatic carbocycles. The van der Waals surface area contributed by atoms with E-state index in [0.29, 0.717) is 18.1 Å². The van der Waals surface area contributed by atoms with Crippen LogP contribution in [0.15, 0.2) is 9.59 Å². The zero-order chi connectivity index (χ0) is 14.6. The summed E-state index contributed by atoms with van der Waals surface area (Å²) < 4.78 is 27.8. The van der Waals surface area contributed by atoms with Gasteiger partial charge < -0.3 is 4.74 Å². The minimum absolute atomic E-state index is 0.0157. The summed E-state index contributed by atoms with van der Waals surface area (Å²) in [6.07, 6.45) is 1.88. The van der Waals surface area contributed by atoms with Crippen molar-refractivity contribution in [3.05, 3.63) is 16.5 Å². The van der Waals surface area contributed by atoms with E-state index in [2.05, 4.69) is 0 Å². The molecule has 2 N–H and O–H groups in total. The molecule has 7 heteroatoms. The Bertz CT molecular complexity index is 544. The Labute approximate surface area is 117 Å². The van der Waals surface area contributed by atoms with Crippen molar-refractivity contribution in [1.29, 1.82) is 0 Å². The normalized spacial score (nSPS) is 11.8. The van der Waals surface area contributed by atoms with Crippen LogP contribution in [0, 0.1) is 12.8 Å². The molecular formula is C12H19NO4S2. The molecule has 0 fully saturated rings. The molecule has 108 valence electrons. The topological polar surface area (TPSA) is 86.5 Å². The van der Waals surface area contributed by atoms with Gasteiger partial charge in [0.1, 0.15) is 4.21 Å². The molecule has 0 bridgehead atoms. The molecule has 0 atom stereocenters. The van der Waals surface area contributed by atoms with Crippen LogP contribution in [0.3, 0.4) is 0 Å². The average molecular weight is 305 g/mol. The third-order valence-electron chi connectivity index (χ3n) is 3.08. The van der Waals surface area contributed by atoms with Crippen LogP contribution in [0.4, 0.5) is 0 Å². The fourth-order valence-corrected chi connectivity index (χ4v) is 3.68. The molecule has 0 amide bonds. The van der Waals surface area contributed by atoms with Gasteiger partial charge in [0, 0.05) is 5.38 Å². The van der Waals surface area contributed by atoms with Crippen molar-refractivity contribution < 1.29 is 17.9 Å². The summed E-state index contributed by atoms with van der Waals surface area (Å²) in [5.74, 6) is -0.156. The van der Waals surface area contributed by atoms with Crippen molar-refractivity contribution in [3.8, 4) is 0 Å². The van der Waals surface area contributed by atoms with Crippen LogP contribution in [-0.4, -0.2) is 21.0 Å². The van der Waals surface area contributed by atoms with E-state index in [-0.39, 0.29) is 9.77 Å².